The number of fused-ring (bicyclic) bond motifs is 1. The zero-order valence-corrected chi connectivity index (χ0v) is 19.4. The average molecular weight is 505 g/mol. The third-order valence-electron chi connectivity index (χ3n) is 6.75. The molecule has 1 amide bonds. The summed E-state index contributed by atoms with van der Waals surface area (Å²) in [6.07, 6.45) is 0.944. The van der Waals surface area contributed by atoms with Crippen LogP contribution in [-0.4, -0.2) is 51.4 Å². The number of aromatic amines is 1. The topological polar surface area (TPSA) is 115 Å². The number of nitrogens with one attached hydrogen (secondary N) is 1. The number of aromatic nitrogens is 3. The minimum absolute atomic E-state index is 0.0352. The SMILES string of the molecule is Nc1cc(OC(F)(F)F)ccc1C(=O)N1CCC(n2c(=O)[nH]c3ncc([C@H]4CCCCO4)cc32)CC1. The molecule has 2 aliphatic rings. The quantitative estimate of drug-likeness (QED) is 0.520. The second-order valence-electron chi connectivity index (χ2n) is 9.11. The minimum Gasteiger partial charge on any atom is -0.406 e. The fourth-order valence-corrected chi connectivity index (χ4v) is 4.99. The number of imidazole rings is 1. The molecule has 3 N–H and O–H groups in total. The van der Waals surface area contributed by atoms with Crippen molar-refractivity contribution in [2.75, 3.05) is 25.4 Å². The number of alkyl halides is 3. The first kappa shape index (κ1) is 24.2. The zero-order chi connectivity index (χ0) is 25.4. The molecule has 192 valence electrons. The molecular formula is C24H26F3N5O4. The number of nitrogens with two attached hydrogens (primary N) is 1. The Hall–Kier alpha value is -3.54. The van der Waals surface area contributed by atoms with Crippen LogP contribution in [0.2, 0.25) is 0 Å². The van der Waals surface area contributed by atoms with E-state index in [2.05, 4.69) is 14.7 Å². The molecule has 0 saturated carbocycles. The number of benzene rings is 1. The van der Waals surface area contributed by atoms with Crippen molar-refractivity contribution < 1.29 is 27.4 Å². The van der Waals surface area contributed by atoms with E-state index in [-0.39, 0.29) is 35.0 Å². The number of rotatable bonds is 4. The van der Waals surface area contributed by atoms with Gasteiger partial charge >= 0.3 is 12.1 Å². The van der Waals surface area contributed by atoms with E-state index in [4.69, 9.17) is 10.5 Å². The normalized spacial score (nSPS) is 19.5. The summed E-state index contributed by atoms with van der Waals surface area (Å²) in [6, 6.07) is 5.10. The van der Waals surface area contributed by atoms with Crippen molar-refractivity contribution in [1.82, 2.24) is 19.4 Å². The Bertz CT molecular complexity index is 1320. The predicted octanol–water partition coefficient (Wildman–Crippen LogP) is 3.92. The monoisotopic (exact) mass is 505 g/mol. The highest BCUT2D eigenvalue weighted by molar-refractivity contribution is 5.99. The number of anilines is 1. The van der Waals surface area contributed by atoms with Crippen LogP contribution in [0.25, 0.3) is 11.2 Å². The number of H-pyrrole nitrogens is 1. The Labute approximate surface area is 204 Å². The lowest BCUT2D eigenvalue weighted by atomic mass is 10.0. The van der Waals surface area contributed by atoms with Gasteiger partial charge in [0.2, 0.25) is 0 Å². The molecule has 1 atom stereocenters. The van der Waals surface area contributed by atoms with E-state index in [9.17, 15) is 22.8 Å². The van der Waals surface area contributed by atoms with E-state index in [0.717, 1.165) is 37.0 Å². The first-order valence-electron chi connectivity index (χ1n) is 11.9. The van der Waals surface area contributed by atoms with Crippen molar-refractivity contribution in [2.24, 2.45) is 0 Å². The smallest absolute Gasteiger partial charge is 0.406 e. The molecule has 0 spiro atoms. The molecule has 9 nitrogen and oxygen atoms in total. The summed E-state index contributed by atoms with van der Waals surface area (Å²) in [4.78, 5) is 34.6. The van der Waals surface area contributed by atoms with E-state index in [1.165, 1.54) is 6.07 Å². The number of likely N-dealkylation sites (tertiary alicyclic amines) is 1. The van der Waals surface area contributed by atoms with Crippen molar-refractivity contribution in [3.05, 3.63) is 52.1 Å². The number of ether oxygens (including phenoxy) is 2. The molecule has 2 aromatic heterocycles. The predicted molar refractivity (Wildman–Crippen MR) is 125 cm³/mol. The van der Waals surface area contributed by atoms with Gasteiger partial charge in [0, 0.05) is 49.3 Å². The molecule has 5 rings (SSSR count). The van der Waals surface area contributed by atoms with E-state index in [1.54, 1.807) is 15.7 Å². The van der Waals surface area contributed by atoms with Crippen LogP contribution in [0.3, 0.4) is 0 Å². The molecule has 0 aliphatic carbocycles. The summed E-state index contributed by atoms with van der Waals surface area (Å²) < 4.78 is 48.8. The van der Waals surface area contributed by atoms with Crippen molar-refractivity contribution in [3.8, 4) is 5.75 Å². The number of halogens is 3. The highest BCUT2D eigenvalue weighted by Crippen LogP contribution is 2.32. The molecule has 2 aliphatic heterocycles. The molecule has 1 aromatic carbocycles. The molecule has 0 bridgehead atoms. The third-order valence-corrected chi connectivity index (χ3v) is 6.75. The Morgan fingerprint density at radius 2 is 1.94 bits per heavy atom. The number of pyridine rings is 1. The first-order valence-corrected chi connectivity index (χ1v) is 11.9. The van der Waals surface area contributed by atoms with Gasteiger partial charge in [-0.05, 0) is 50.3 Å². The fraction of sp³-hybridized carbons (Fsp3) is 0.458. The van der Waals surface area contributed by atoms with Gasteiger partial charge in [0.25, 0.3) is 5.91 Å². The van der Waals surface area contributed by atoms with E-state index in [1.807, 2.05) is 6.07 Å². The highest BCUT2D eigenvalue weighted by atomic mass is 19.4. The Morgan fingerprint density at radius 3 is 2.61 bits per heavy atom. The van der Waals surface area contributed by atoms with Crippen LogP contribution >= 0.6 is 0 Å². The van der Waals surface area contributed by atoms with Gasteiger partial charge in [-0.3, -0.25) is 14.3 Å². The standard InChI is InChI=1S/C24H26F3N5O4/c25-24(26,27)36-16-4-5-17(18(28)12-16)22(33)31-8-6-15(7-9-31)32-19-11-14(20-3-1-2-10-35-20)13-29-21(19)30-23(32)34/h4-5,11-13,15,20H,1-3,6-10,28H2,(H,29,30,34)/t20-/m1/s1. The van der Waals surface area contributed by atoms with Crippen LogP contribution in [-0.2, 0) is 4.74 Å². The number of nitrogens with zero attached hydrogens (tertiary/aromatic N) is 3. The highest BCUT2D eigenvalue weighted by Gasteiger charge is 2.32. The average Bonchev–Trinajstić information content (AvgIpc) is 3.18. The maximum atomic E-state index is 13.0. The lowest BCUT2D eigenvalue weighted by molar-refractivity contribution is -0.274. The van der Waals surface area contributed by atoms with Crippen LogP contribution in [0.5, 0.6) is 5.75 Å². The molecule has 3 aromatic rings. The summed E-state index contributed by atoms with van der Waals surface area (Å²) >= 11 is 0. The number of carbonyl (C=O) groups excluding carboxylic acids is 1. The Morgan fingerprint density at radius 1 is 1.17 bits per heavy atom. The van der Waals surface area contributed by atoms with Gasteiger partial charge in [-0.1, -0.05) is 0 Å². The van der Waals surface area contributed by atoms with E-state index >= 15 is 0 Å². The third kappa shape index (κ3) is 4.90. The molecule has 36 heavy (non-hydrogen) atoms. The van der Waals surface area contributed by atoms with Crippen LogP contribution < -0.4 is 16.2 Å². The molecule has 0 unspecified atom stereocenters. The second-order valence-corrected chi connectivity index (χ2v) is 9.11. The van der Waals surface area contributed by atoms with Crippen molar-refractivity contribution in [2.45, 2.75) is 50.6 Å². The Balaban J connectivity index is 1.30. The molecule has 2 fully saturated rings. The van der Waals surface area contributed by atoms with Gasteiger partial charge < -0.3 is 20.1 Å². The van der Waals surface area contributed by atoms with Gasteiger partial charge in [-0.15, -0.1) is 13.2 Å². The van der Waals surface area contributed by atoms with E-state index < -0.39 is 12.1 Å². The van der Waals surface area contributed by atoms with Crippen LogP contribution in [0.1, 0.15) is 60.2 Å². The number of amides is 1. The maximum Gasteiger partial charge on any atom is 0.573 e. The molecule has 4 heterocycles. The lowest BCUT2D eigenvalue weighted by Crippen LogP contribution is -2.40. The molecule has 12 heteroatoms. The van der Waals surface area contributed by atoms with Crippen molar-refractivity contribution >= 4 is 22.8 Å². The summed E-state index contributed by atoms with van der Waals surface area (Å²) in [5.74, 6) is -0.866. The van der Waals surface area contributed by atoms with Crippen LogP contribution in [0.15, 0.2) is 35.3 Å². The Kier molecular flexibility index (Phi) is 6.37. The lowest BCUT2D eigenvalue weighted by Gasteiger charge is -2.33. The van der Waals surface area contributed by atoms with Gasteiger partial charge in [-0.25, -0.2) is 9.78 Å². The van der Waals surface area contributed by atoms with Gasteiger partial charge in [-0.2, -0.15) is 0 Å². The van der Waals surface area contributed by atoms with Gasteiger partial charge in [0.1, 0.15) is 5.75 Å². The van der Waals surface area contributed by atoms with Crippen molar-refractivity contribution in [1.29, 1.82) is 0 Å². The molecular weight excluding hydrogens is 479 g/mol. The minimum atomic E-state index is -4.85. The number of piperidine rings is 1. The van der Waals surface area contributed by atoms with Gasteiger partial charge in [0.05, 0.1) is 17.2 Å². The number of nitrogen functional groups attached to an aromatic ring is 1. The summed E-state index contributed by atoms with van der Waals surface area (Å²) in [7, 11) is 0. The zero-order valence-electron chi connectivity index (χ0n) is 19.4. The number of carbonyl (C=O) groups is 1. The second kappa shape index (κ2) is 9.49. The fourth-order valence-electron chi connectivity index (χ4n) is 4.99. The van der Waals surface area contributed by atoms with Gasteiger partial charge in [0.15, 0.2) is 5.65 Å². The first-order chi connectivity index (χ1) is 17.2. The van der Waals surface area contributed by atoms with Crippen LogP contribution in [0.4, 0.5) is 18.9 Å². The summed E-state index contributed by atoms with van der Waals surface area (Å²) in [5.41, 5.74) is 7.76. The largest absolute Gasteiger partial charge is 0.573 e. The van der Waals surface area contributed by atoms with Crippen molar-refractivity contribution in [3.63, 3.8) is 0 Å². The summed E-state index contributed by atoms with van der Waals surface area (Å²) in [5, 5.41) is 0. The number of hydrogen-bond acceptors (Lipinski definition) is 6. The maximum absolute atomic E-state index is 13.0. The van der Waals surface area contributed by atoms with Crippen LogP contribution in [0, 0.1) is 0 Å². The summed E-state index contributed by atoms with van der Waals surface area (Å²) in [6.45, 7) is 1.43. The van der Waals surface area contributed by atoms with E-state index in [0.29, 0.717) is 43.7 Å². The molecule has 0 radical (unpaired) electrons. The number of hydrogen-bond donors (Lipinski definition) is 2. The molecule has 2 saturated heterocycles.